The van der Waals surface area contributed by atoms with E-state index in [1.165, 1.54) is 0 Å². The van der Waals surface area contributed by atoms with Crippen LogP contribution < -0.4 is 16.6 Å². The van der Waals surface area contributed by atoms with E-state index in [9.17, 15) is 0 Å². The van der Waals surface area contributed by atoms with Gasteiger partial charge in [0.2, 0.25) is 5.96 Å². The lowest BCUT2D eigenvalue weighted by molar-refractivity contribution is 0.184. The number of hydrazine groups is 1. The van der Waals surface area contributed by atoms with Crippen molar-refractivity contribution in [1.82, 2.24) is 15.6 Å². The number of guanidine groups is 1. The summed E-state index contributed by atoms with van der Waals surface area (Å²) in [6.07, 6.45) is 2.20. The van der Waals surface area contributed by atoms with Crippen LogP contribution in [0.3, 0.4) is 0 Å². The maximum Gasteiger partial charge on any atom is 0.206 e. The smallest absolute Gasteiger partial charge is 0.206 e. The predicted octanol–water partition coefficient (Wildman–Crippen LogP) is 0.286. The van der Waals surface area contributed by atoms with Crippen molar-refractivity contribution in [2.45, 2.75) is 51.7 Å². The summed E-state index contributed by atoms with van der Waals surface area (Å²) in [5.41, 5.74) is 2.63. The van der Waals surface area contributed by atoms with Crippen LogP contribution in [0.4, 0.5) is 0 Å². The Morgan fingerprint density at radius 3 is 2.69 bits per heavy atom. The van der Waals surface area contributed by atoms with Gasteiger partial charge in [-0.1, -0.05) is 0 Å². The summed E-state index contributed by atoms with van der Waals surface area (Å²) in [7, 11) is 2.17. The Bertz CT molecular complexity index is 239. The molecular weight excluding hydrogens is 202 g/mol. The van der Waals surface area contributed by atoms with E-state index < -0.39 is 0 Å². The molecule has 0 amide bonds. The van der Waals surface area contributed by atoms with E-state index in [1.54, 1.807) is 0 Å². The van der Waals surface area contributed by atoms with Gasteiger partial charge in [-0.25, -0.2) is 10.8 Å². The molecule has 1 aliphatic heterocycles. The van der Waals surface area contributed by atoms with Crippen molar-refractivity contribution in [3.8, 4) is 0 Å². The van der Waals surface area contributed by atoms with E-state index >= 15 is 0 Å². The van der Waals surface area contributed by atoms with Gasteiger partial charge in [0.15, 0.2) is 0 Å². The third-order valence-corrected chi connectivity index (χ3v) is 3.05. The Kier molecular flexibility index (Phi) is 5.02. The number of hydrogen-bond acceptors (Lipinski definition) is 3. The highest BCUT2D eigenvalue weighted by Crippen LogP contribution is 2.17. The number of aliphatic imine (C=N–C) groups is 1. The van der Waals surface area contributed by atoms with Crippen LogP contribution in [0.25, 0.3) is 0 Å². The molecular formula is C11H25N5. The first-order valence-electron chi connectivity index (χ1n) is 6.04. The van der Waals surface area contributed by atoms with Crippen LogP contribution in [0.1, 0.15) is 33.6 Å². The van der Waals surface area contributed by atoms with Gasteiger partial charge in [-0.15, -0.1) is 0 Å². The number of hydrogen-bond donors (Lipinski definition) is 3. The van der Waals surface area contributed by atoms with Crippen LogP contribution in [-0.4, -0.2) is 42.6 Å². The highest BCUT2D eigenvalue weighted by molar-refractivity contribution is 5.79. The lowest BCUT2D eigenvalue weighted by Gasteiger charge is -2.33. The van der Waals surface area contributed by atoms with Gasteiger partial charge in [-0.05, 0) is 40.7 Å². The molecule has 1 heterocycles. The molecule has 16 heavy (non-hydrogen) atoms. The summed E-state index contributed by atoms with van der Waals surface area (Å²) in [6.45, 7) is 7.50. The van der Waals surface area contributed by atoms with Gasteiger partial charge < -0.3 is 10.2 Å². The summed E-state index contributed by atoms with van der Waals surface area (Å²) in [5.74, 6) is 6.15. The quantitative estimate of drug-likeness (QED) is 0.274. The van der Waals surface area contributed by atoms with Crippen molar-refractivity contribution < 1.29 is 0 Å². The fourth-order valence-electron chi connectivity index (χ4n) is 1.95. The molecule has 0 aromatic heterocycles. The first-order chi connectivity index (χ1) is 7.52. The highest BCUT2D eigenvalue weighted by atomic mass is 15.3. The van der Waals surface area contributed by atoms with Crippen molar-refractivity contribution in [3.63, 3.8) is 0 Å². The molecule has 5 heteroatoms. The molecule has 0 spiro atoms. The van der Waals surface area contributed by atoms with E-state index in [-0.39, 0.29) is 0 Å². The molecule has 0 aliphatic carbocycles. The molecule has 1 rings (SSSR count). The molecule has 0 aromatic rings. The topological polar surface area (TPSA) is 65.7 Å². The van der Waals surface area contributed by atoms with Gasteiger partial charge in [-0.3, -0.25) is 5.43 Å². The van der Waals surface area contributed by atoms with E-state index in [4.69, 9.17) is 5.84 Å². The Morgan fingerprint density at radius 1 is 1.50 bits per heavy atom. The van der Waals surface area contributed by atoms with Crippen molar-refractivity contribution in [3.05, 3.63) is 0 Å². The minimum Gasteiger partial charge on any atom is -0.353 e. The number of nitrogens with one attached hydrogen (secondary N) is 2. The van der Waals surface area contributed by atoms with Gasteiger partial charge >= 0.3 is 0 Å². The zero-order valence-corrected chi connectivity index (χ0v) is 10.8. The summed E-state index contributed by atoms with van der Waals surface area (Å²) in [6, 6.07) is 1.32. The number of nitrogens with zero attached hydrogens (tertiary/aromatic N) is 2. The fourth-order valence-corrected chi connectivity index (χ4v) is 1.95. The third-order valence-electron chi connectivity index (χ3n) is 3.05. The second-order valence-corrected chi connectivity index (χ2v) is 4.93. The lowest BCUT2D eigenvalue weighted by Crippen LogP contribution is -2.46. The first kappa shape index (κ1) is 13.3. The Labute approximate surface area is 98.4 Å². The highest BCUT2D eigenvalue weighted by Gasteiger charge is 2.22. The van der Waals surface area contributed by atoms with Gasteiger partial charge in [0.05, 0.1) is 6.04 Å². The van der Waals surface area contributed by atoms with Crippen LogP contribution in [0.2, 0.25) is 0 Å². The van der Waals surface area contributed by atoms with Crippen LogP contribution in [-0.2, 0) is 0 Å². The van der Waals surface area contributed by atoms with Gasteiger partial charge in [0.1, 0.15) is 0 Å². The molecule has 2 atom stereocenters. The Balaban J connectivity index is 2.53. The molecule has 1 aliphatic rings. The van der Waals surface area contributed by atoms with Crippen molar-refractivity contribution in [2.75, 3.05) is 13.6 Å². The summed E-state index contributed by atoms with van der Waals surface area (Å²) in [5, 5.41) is 3.20. The standard InChI is InChI=1S/C11H25N5/c1-8(2)13-11(15-12)14-10-5-6-16(4)9(3)7-10/h8-10H,5-7,12H2,1-4H3,(H2,13,14,15). The van der Waals surface area contributed by atoms with Gasteiger partial charge in [0.25, 0.3) is 0 Å². The van der Waals surface area contributed by atoms with E-state index in [0.29, 0.717) is 24.1 Å². The van der Waals surface area contributed by atoms with Crippen molar-refractivity contribution in [1.29, 1.82) is 0 Å². The molecule has 1 saturated heterocycles. The second kappa shape index (κ2) is 6.06. The molecule has 2 unspecified atom stereocenters. The van der Waals surface area contributed by atoms with Crippen LogP contribution in [0.15, 0.2) is 4.99 Å². The normalized spacial score (nSPS) is 28.2. The first-order valence-corrected chi connectivity index (χ1v) is 6.04. The SMILES string of the molecule is CC(C)NC(=NC1CCN(C)C(C)C1)NN. The van der Waals surface area contributed by atoms with Crippen LogP contribution >= 0.6 is 0 Å². The monoisotopic (exact) mass is 227 g/mol. The third kappa shape index (κ3) is 3.98. The second-order valence-electron chi connectivity index (χ2n) is 4.93. The average Bonchev–Trinajstić information content (AvgIpc) is 2.22. The number of rotatable bonds is 2. The molecule has 1 fully saturated rings. The Hall–Kier alpha value is -0.810. The minimum absolute atomic E-state index is 0.346. The molecule has 0 bridgehead atoms. The predicted molar refractivity (Wildman–Crippen MR) is 68.1 cm³/mol. The number of likely N-dealkylation sites (tertiary alicyclic amines) is 1. The minimum atomic E-state index is 0.346. The van der Waals surface area contributed by atoms with E-state index in [0.717, 1.165) is 19.4 Å². The summed E-state index contributed by atoms with van der Waals surface area (Å²) >= 11 is 0. The number of piperidine rings is 1. The average molecular weight is 227 g/mol. The number of nitrogens with two attached hydrogens (primary N) is 1. The molecule has 0 saturated carbocycles. The maximum atomic E-state index is 5.45. The van der Waals surface area contributed by atoms with Gasteiger partial charge in [0, 0.05) is 18.6 Å². The van der Waals surface area contributed by atoms with Crippen molar-refractivity contribution >= 4 is 5.96 Å². The molecule has 94 valence electrons. The lowest BCUT2D eigenvalue weighted by atomic mass is 10.00. The summed E-state index contributed by atoms with van der Waals surface area (Å²) < 4.78 is 0. The fraction of sp³-hybridized carbons (Fsp3) is 0.909. The maximum absolute atomic E-state index is 5.45. The molecule has 0 aromatic carbocycles. The molecule has 5 nitrogen and oxygen atoms in total. The molecule has 0 radical (unpaired) electrons. The van der Waals surface area contributed by atoms with E-state index in [2.05, 4.69) is 48.5 Å². The van der Waals surface area contributed by atoms with E-state index in [1.807, 2.05) is 0 Å². The van der Waals surface area contributed by atoms with Crippen molar-refractivity contribution in [2.24, 2.45) is 10.8 Å². The van der Waals surface area contributed by atoms with Crippen LogP contribution in [0.5, 0.6) is 0 Å². The Morgan fingerprint density at radius 2 is 2.19 bits per heavy atom. The van der Waals surface area contributed by atoms with Crippen LogP contribution in [0, 0.1) is 0 Å². The largest absolute Gasteiger partial charge is 0.353 e. The zero-order chi connectivity index (χ0) is 12.1. The molecule has 4 N–H and O–H groups in total. The zero-order valence-electron chi connectivity index (χ0n) is 10.8. The summed E-state index contributed by atoms with van der Waals surface area (Å²) in [4.78, 5) is 6.99. The van der Waals surface area contributed by atoms with Gasteiger partial charge in [-0.2, -0.15) is 0 Å².